The highest BCUT2D eigenvalue weighted by Crippen LogP contribution is 2.26. The summed E-state index contributed by atoms with van der Waals surface area (Å²) in [5, 5.41) is 4.70. The smallest absolute Gasteiger partial charge is 0.304 e. The number of sulfone groups is 1. The summed E-state index contributed by atoms with van der Waals surface area (Å²) in [5.41, 5.74) is 7.26. The van der Waals surface area contributed by atoms with Gasteiger partial charge in [-0.2, -0.15) is 0 Å². The van der Waals surface area contributed by atoms with Gasteiger partial charge in [-0.05, 0) is 12.1 Å². The number of nitrogens with two attached hydrogens (primary N) is 1. The van der Waals surface area contributed by atoms with Gasteiger partial charge in [-0.15, -0.1) is 0 Å². The van der Waals surface area contributed by atoms with Crippen LogP contribution in [0, 0.1) is 0 Å². The lowest BCUT2D eigenvalue weighted by atomic mass is 10.2. The fourth-order valence-electron chi connectivity index (χ4n) is 1.61. The lowest BCUT2D eigenvalue weighted by Gasteiger charge is -2.11. The van der Waals surface area contributed by atoms with E-state index in [9.17, 15) is 13.2 Å². The fourth-order valence-corrected chi connectivity index (χ4v) is 3.03. The molecule has 19 heavy (non-hydrogen) atoms. The van der Waals surface area contributed by atoms with Gasteiger partial charge >= 0.3 is 4.87 Å². The van der Waals surface area contributed by atoms with E-state index in [2.05, 4.69) is 10.3 Å². The van der Waals surface area contributed by atoms with Crippen LogP contribution in [-0.2, 0) is 16.4 Å². The highest BCUT2D eigenvalue weighted by atomic mass is 32.2. The molecule has 2 rings (SSSR count). The van der Waals surface area contributed by atoms with Crippen LogP contribution in [0.2, 0.25) is 0 Å². The molecule has 0 aliphatic heterocycles. The van der Waals surface area contributed by atoms with Crippen LogP contribution in [0.3, 0.4) is 0 Å². The SMILES string of the molecule is CS(=O)(=O)c1cccc(NCc2csc(=O)[nH]2)c1N. The Kier molecular flexibility index (Phi) is 3.63. The monoisotopic (exact) mass is 299 g/mol. The summed E-state index contributed by atoms with van der Waals surface area (Å²) in [6.45, 7) is 0.371. The van der Waals surface area contributed by atoms with E-state index in [-0.39, 0.29) is 15.5 Å². The lowest BCUT2D eigenvalue weighted by molar-refractivity contribution is 0.602. The first-order chi connectivity index (χ1) is 8.88. The number of aromatic amines is 1. The second-order valence-electron chi connectivity index (χ2n) is 4.02. The minimum Gasteiger partial charge on any atom is -0.396 e. The zero-order valence-corrected chi connectivity index (χ0v) is 11.8. The minimum atomic E-state index is -3.36. The van der Waals surface area contributed by atoms with Crippen molar-refractivity contribution in [2.24, 2.45) is 0 Å². The van der Waals surface area contributed by atoms with E-state index in [1.165, 1.54) is 6.07 Å². The second kappa shape index (κ2) is 5.06. The molecule has 8 heteroatoms. The molecule has 1 aromatic heterocycles. The molecule has 1 aromatic carbocycles. The number of rotatable bonds is 4. The molecule has 0 spiro atoms. The summed E-state index contributed by atoms with van der Waals surface area (Å²) in [4.78, 5) is 13.6. The molecule has 0 bridgehead atoms. The van der Waals surface area contributed by atoms with Gasteiger partial charge in [0.15, 0.2) is 9.84 Å². The van der Waals surface area contributed by atoms with Crippen molar-refractivity contribution in [2.45, 2.75) is 11.4 Å². The fraction of sp³-hybridized carbons (Fsp3) is 0.182. The van der Waals surface area contributed by atoms with Crippen LogP contribution in [0.1, 0.15) is 5.69 Å². The highest BCUT2D eigenvalue weighted by molar-refractivity contribution is 7.90. The van der Waals surface area contributed by atoms with Crippen LogP contribution in [0.15, 0.2) is 33.3 Å². The Morgan fingerprint density at radius 3 is 2.74 bits per heavy atom. The zero-order valence-electron chi connectivity index (χ0n) is 10.1. The molecule has 0 saturated heterocycles. The van der Waals surface area contributed by atoms with Gasteiger partial charge in [-0.1, -0.05) is 17.4 Å². The third-order valence-corrected chi connectivity index (χ3v) is 4.38. The number of nitrogens with one attached hydrogen (secondary N) is 2. The number of hydrogen-bond donors (Lipinski definition) is 3. The zero-order chi connectivity index (χ0) is 14.0. The Labute approximate surface area is 114 Å². The molecule has 0 radical (unpaired) electrons. The predicted octanol–water partition coefficient (Wildman–Crippen LogP) is 1.03. The van der Waals surface area contributed by atoms with E-state index in [1.54, 1.807) is 17.5 Å². The van der Waals surface area contributed by atoms with E-state index in [0.29, 0.717) is 12.2 Å². The van der Waals surface area contributed by atoms with E-state index in [1.807, 2.05) is 0 Å². The maximum absolute atomic E-state index is 11.5. The van der Waals surface area contributed by atoms with Crippen LogP contribution in [0.4, 0.5) is 11.4 Å². The molecule has 0 unspecified atom stereocenters. The molecule has 6 nitrogen and oxygen atoms in total. The first kappa shape index (κ1) is 13.6. The van der Waals surface area contributed by atoms with Crippen molar-refractivity contribution in [1.82, 2.24) is 4.98 Å². The summed E-state index contributed by atoms with van der Waals surface area (Å²) in [6, 6.07) is 4.77. The molecule has 4 N–H and O–H groups in total. The number of thiazole rings is 1. The third kappa shape index (κ3) is 3.15. The number of hydrogen-bond acceptors (Lipinski definition) is 6. The second-order valence-corrected chi connectivity index (χ2v) is 6.84. The Morgan fingerprint density at radius 2 is 2.16 bits per heavy atom. The van der Waals surface area contributed by atoms with Crippen molar-refractivity contribution < 1.29 is 8.42 Å². The number of aromatic nitrogens is 1. The Balaban J connectivity index is 2.24. The molecule has 1 heterocycles. The van der Waals surface area contributed by atoms with Crippen molar-refractivity contribution >= 4 is 32.5 Å². The maximum atomic E-state index is 11.5. The molecule has 0 amide bonds. The normalized spacial score (nSPS) is 11.4. The highest BCUT2D eigenvalue weighted by Gasteiger charge is 2.13. The quantitative estimate of drug-likeness (QED) is 0.731. The molecule has 0 saturated carbocycles. The van der Waals surface area contributed by atoms with Crippen molar-refractivity contribution in [1.29, 1.82) is 0 Å². The van der Waals surface area contributed by atoms with Crippen LogP contribution < -0.4 is 15.9 Å². The molecule has 0 fully saturated rings. The topological polar surface area (TPSA) is 105 Å². The Morgan fingerprint density at radius 1 is 1.42 bits per heavy atom. The van der Waals surface area contributed by atoms with Crippen LogP contribution >= 0.6 is 11.3 Å². The molecular weight excluding hydrogens is 286 g/mol. The molecule has 0 aliphatic rings. The number of benzene rings is 1. The summed E-state index contributed by atoms with van der Waals surface area (Å²) in [6.07, 6.45) is 1.11. The summed E-state index contributed by atoms with van der Waals surface area (Å²) >= 11 is 1.07. The summed E-state index contributed by atoms with van der Waals surface area (Å²) in [7, 11) is -3.36. The molecular formula is C11H13N3O3S2. The minimum absolute atomic E-state index is 0.0938. The predicted molar refractivity (Wildman–Crippen MR) is 76.2 cm³/mol. The number of nitrogen functional groups attached to an aromatic ring is 1. The number of para-hydroxylation sites is 1. The van der Waals surface area contributed by atoms with Gasteiger partial charge in [0.05, 0.1) is 22.8 Å². The maximum Gasteiger partial charge on any atom is 0.304 e. The number of anilines is 2. The average molecular weight is 299 g/mol. The lowest BCUT2D eigenvalue weighted by Crippen LogP contribution is -2.08. The van der Waals surface area contributed by atoms with Gasteiger partial charge in [0.25, 0.3) is 0 Å². The Hall–Kier alpha value is -1.80. The first-order valence-corrected chi connectivity index (χ1v) is 8.14. The average Bonchev–Trinajstić information content (AvgIpc) is 2.72. The van der Waals surface area contributed by atoms with E-state index in [0.717, 1.165) is 23.3 Å². The molecule has 102 valence electrons. The van der Waals surface area contributed by atoms with Crippen LogP contribution in [-0.4, -0.2) is 19.7 Å². The van der Waals surface area contributed by atoms with Crippen molar-refractivity contribution in [3.05, 3.63) is 38.9 Å². The van der Waals surface area contributed by atoms with E-state index in [4.69, 9.17) is 5.73 Å². The van der Waals surface area contributed by atoms with Crippen molar-refractivity contribution in [3.8, 4) is 0 Å². The van der Waals surface area contributed by atoms with Crippen molar-refractivity contribution in [2.75, 3.05) is 17.3 Å². The number of H-pyrrole nitrogens is 1. The van der Waals surface area contributed by atoms with E-state index < -0.39 is 9.84 Å². The van der Waals surface area contributed by atoms with Gasteiger partial charge < -0.3 is 16.0 Å². The van der Waals surface area contributed by atoms with Gasteiger partial charge in [0.1, 0.15) is 0 Å². The van der Waals surface area contributed by atoms with Gasteiger partial charge in [0, 0.05) is 17.3 Å². The molecule has 2 aromatic rings. The summed E-state index contributed by atoms with van der Waals surface area (Å²) in [5.74, 6) is 0. The van der Waals surface area contributed by atoms with Crippen LogP contribution in [0.25, 0.3) is 0 Å². The Bertz CT molecular complexity index is 747. The molecule has 0 aliphatic carbocycles. The van der Waals surface area contributed by atoms with Crippen molar-refractivity contribution in [3.63, 3.8) is 0 Å². The summed E-state index contributed by atoms with van der Waals surface area (Å²) < 4.78 is 23.1. The van der Waals surface area contributed by atoms with Crippen LogP contribution in [0.5, 0.6) is 0 Å². The van der Waals surface area contributed by atoms with Gasteiger partial charge in [-0.25, -0.2) is 8.42 Å². The standard InChI is InChI=1S/C11H13N3O3S2/c1-19(16,17)9-4-2-3-8(10(9)12)13-5-7-6-18-11(15)14-7/h2-4,6,13H,5,12H2,1H3,(H,14,15). The van der Waals surface area contributed by atoms with Gasteiger partial charge in [-0.3, -0.25) is 4.79 Å². The van der Waals surface area contributed by atoms with Gasteiger partial charge in [0.2, 0.25) is 0 Å². The molecule has 0 atom stereocenters. The van der Waals surface area contributed by atoms with E-state index >= 15 is 0 Å². The first-order valence-electron chi connectivity index (χ1n) is 5.37. The largest absolute Gasteiger partial charge is 0.396 e. The third-order valence-electron chi connectivity index (χ3n) is 2.51.